The van der Waals surface area contributed by atoms with Gasteiger partial charge < -0.3 is 10.1 Å². The van der Waals surface area contributed by atoms with Gasteiger partial charge in [0.1, 0.15) is 5.75 Å². The molecule has 0 heterocycles. The Labute approximate surface area is 98.8 Å². The van der Waals surface area contributed by atoms with Crippen molar-refractivity contribution in [1.29, 1.82) is 0 Å². The summed E-state index contributed by atoms with van der Waals surface area (Å²) in [7, 11) is 1.78. The van der Waals surface area contributed by atoms with E-state index in [0.29, 0.717) is 12.3 Å². The lowest BCUT2D eigenvalue weighted by Gasteiger charge is -2.14. The number of rotatable bonds is 5. The Balaban J connectivity index is 2.68. The number of hydrogen-bond acceptors (Lipinski definition) is 2. The van der Waals surface area contributed by atoms with E-state index in [1.54, 1.807) is 7.05 Å². The quantitative estimate of drug-likeness (QED) is 0.863. The van der Waals surface area contributed by atoms with Gasteiger partial charge in [-0.3, -0.25) is 0 Å². The second-order valence-corrected chi connectivity index (χ2v) is 3.81. The molecule has 0 aliphatic heterocycles. The van der Waals surface area contributed by atoms with Crippen LogP contribution in [-0.4, -0.2) is 19.8 Å². The second kappa shape index (κ2) is 5.91. The van der Waals surface area contributed by atoms with E-state index in [1.165, 1.54) is 0 Å². The van der Waals surface area contributed by atoms with Crippen LogP contribution in [0.3, 0.4) is 0 Å². The lowest BCUT2D eigenvalue weighted by molar-refractivity contribution is -0.139. The molecule has 0 aromatic heterocycles. The van der Waals surface area contributed by atoms with Crippen molar-refractivity contribution < 1.29 is 17.9 Å². The Kier molecular flexibility index (Phi) is 4.81. The number of ether oxygens (including phenoxy) is 1. The molecule has 1 aromatic rings. The molecular weight excluding hydrogens is 231 g/mol. The normalized spacial score (nSPS) is 11.6. The average Bonchev–Trinajstić information content (AvgIpc) is 2.21. The molecule has 0 radical (unpaired) electrons. The van der Waals surface area contributed by atoms with E-state index in [1.807, 2.05) is 25.1 Å². The van der Waals surface area contributed by atoms with E-state index < -0.39 is 12.6 Å². The number of hydrogen-bond donors (Lipinski definition) is 1. The van der Waals surface area contributed by atoms with Crippen molar-refractivity contribution in [2.45, 2.75) is 26.1 Å². The highest BCUT2D eigenvalue weighted by molar-refractivity contribution is 5.40. The molecule has 1 aromatic carbocycles. The number of aryl methyl sites for hydroxylation is 1. The Morgan fingerprint density at radius 2 is 2.00 bits per heavy atom. The highest BCUT2D eigenvalue weighted by Crippen LogP contribution is 2.25. The van der Waals surface area contributed by atoms with Crippen LogP contribution in [0.4, 0.5) is 13.2 Å². The van der Waals surface area contributed by atoms with Crippen LogP contribution in [0, 0.1) is 6.92 Å². The fourth-order valence-electron chi connectivity index (χ4n) is 1.52. The summed E-state index contributed by atoms with van der Waals surface area (Å²) in [5, 5.41) is 2.96. The zero-order valence-electron chi connectivity index (χ0n) is 9.90. The zero-order valence-corrected chi connectivity index (χ0v) is 9.90. The summed E-state index contributed by atoms with van der Waals surface area (Å²) >= 11 is 0. The molecule has 0 saturated heterocycles. The highest BCUT2D eigenvalue weighted by atomic mass is 19.4. The first kappa shape index (κ1) is 13.8. The number of para-hydroxylation sites is 1. The first-order valence-corrected chi connectivity index (χ1v) is 5.36. The van der Waals surface area contributed by atoms with E-state index in [0.717, 1.165) is 11.1 Å². The van der Waals surface area contributed by atoms with Crippen molar-refractivity contribution in [3.05, 3.63) is 29.3 Å². The summed E-state index contributed by atoms with van der Waals surface area (Å²) in [4.78, 5) is 0. The summed E-state index contributed by atoms with van der Waals surface area (Å²) in [6.07, 6.45) is -5.10. The lowest BCUT2D eigenvalue weighted by Crippen LogP contribution is -2.15. The van der Waals surface area contributed by atoms with Crippen LogP contribution in [0.1, 0.15) is 17.5 Å². The summed E-state index contributed by atoms with van der Waals surface area (Å²) in [5.41, 5.74) is 1.72. The van der Waals surface area contributed by atoms with Gasteiger partial charge in [0.25, 0.3) is 0 Å². The standard InChI is InChI=1S/C12H16F3NO/c1-9-4-3-5-10(8-16-2)11(9)17-7-6-12(13,14)15/h3-5,16H,6-8H2,1-2H3. The molecule has 96 valence electrons. The molecule has 1 N–H and O–H groups in total. The van der Waals surface area contributed by atoms with E-state index in [2.05, 4.69) is 5.32 Å². The van der Waals surface area contributed by atoms with E-state index in [9.17, 15) is 13.2 Å². The third-order valence-electron chi connectivity index (χ3n) is 2.29. The molecule has 0 atom stereocenters. The van der Waals surface area contributed by atoms with Gasteiger partial charge in [-0.25, -0.2) is 0 Å². The second-order valence-electron chi connectivity index (χ2n) is 3.81. The Morgan fingerprint density at radius 1 is 1.29 bits per heavy atom. The molecule has 0 spiro atoms. The number of alkyl halides is 3. The minimum atomic E-state index is -4.17. The fourth-order valence-corrected chi connectivity index (χ4v) is 1.52. The zero-order chi connectivity index (χ0) is 12.9. The van der Waals surface area contributed by atoms with Crippen LogP contribution >= 0.6 is 0 Å². The predicted octanol–water partition coefficient (Wildman–Crippen LogP) is 3.05. The molecular formula is C12H16F3NO. The number of nitrogens with one attached hydrogen (secondary N) is 1. The molecule has 0 amide bonds. The maximum atomic E-state index is 12.0. The summed E-state index contributed by atoms with van der Waals surface area (Å²) in [6.45, 7) is 2.05. The van der Waals surface area contributed by atoms with Gasteiger partial charge in [-0.15, -0.1) is 0 Å². The van der Waals surface area contributed by atoms with Gasteiger partial charge in [0.05, 0.1) is 13.0 Å². The van der Waals surface area contributed by atoms with Crippen LogP contribution < -0.4 is 10.1 Å². The summed E-state index contributed by atoms with van der Waals surface area (Å²) in [5.74, 6) is 0.547. The van der Waals surface area contributed by atoms with Crippen LogP contribution in [-0.2, 0) is 6.54 Å². The van der Waals surface area contributed by atoms with Gasteiger partial charge >= 0.3 is 6.18 Å². The van der Waals surface area contributed by atoms with E-state index in [4.69, 9.17) is 4.74 Å². The lowest BCUT2D eigenvalue weighted by atomic mass is 10.1. The molecule has 1 rings (SSSR count). The van der Waals surface area contributed by atoms with Gasteiger partial charge in [0.15, 0.2) is 0 Å². The summed E-state index contributed by atoms with van der Waals surface area (Å²) in [6, 6.07) is 5.52. The largest absolute Gasteiger partial charge is 0.493 e. The van der Waals surface area contributed by atoms with Gasteiger partial charge in [-0.2, -0.15) is 13.2 Å². The van der Waals surface area contributed by atoms with E-state index in [-0.39, 0.29) is 6.61 Å². The van der Waals surface area contributed by atoms with Crippen molar-refractivity contribution in [1.82, 2.24) is 5.32 Å². The Bertz CT molecular complexity index is 363. The molecule has 0 fully saturated rings. The van der Waals surface area contributed by atoms with Crippen molar-refractivity contribution in [2.75, 3.05) is 13.7 Å². The minimum Gasteiger partial charge on any atom is -0.493 e. The molecule has 5 heteroatoms. The fraction of sp³-hybridized carbons (Fsp3) is 0.500. The first-order chi connectivity index (χ1) is 7.94. The molecule has 2 nitrogen and oxygen atoms in total. The van der Waals surface area contributed by atoms with Gasteiger partial charge in [0, 0.05) is 12.1 Å². The minimum absolute atomic E-state index is 0.342. The van der Waals surface area contributed by atoms with Gasteiger partial charge in [-0.1, -0.05) is 18.2 Å². The smallest absolute Gasteiger partial charge is 0.392 e. The van der Waals surface area contributed by atoms with Crippen LogP contribution in [0.2, 0.25) is 0 Å². The summed E-state index contributed by atoms with van der Waals surface area (Å²) < 4.78 is 41.3. The van der Waals surface area contributed by atoms with Crippen LogP contribution in [0.5, 0.6) is 5.75 Å². The maximum absolute atomic E-state index is 12.0. The molecule has 0 aliphatic rings. The molecule has 0 aliphatic carbocycles. The van der Waals surface area contributed by atoms with Crippen molar-refractivity contribution >= 4 is 0 Å². The Morgan fingerprint density at radius 3 is 2.59 bits per heavy atom. The van der Waals surface area contributed by atoms with Gasteiger partial charge in [0.2, 0.25) is 0 Å². The third-order valence-corrected chi connectivity index (χ3v) is 2.29. The average molecular weight is 247 g/mol. The topological polar surface area (TPSA) is 21.3 Å². The molecule has 0 unspecified atom stereocenters. The molecule has 17 heavy (non-hydrogen) atoms. The van der Waals surface area contributed by atoms with Crippen molar-refractivity contribution in [3.8, 4) is 5.75 Å². The molecule has 0 saturated carbocycles. The molecule has 0 bridgehead atoms. The maximum Gasteiger partial charge on any atom is 0.392 e. The Hall–Kier alpha value is -1.23. The van der Waals surface area contributed by atoms with E-state index >= 15 is 0 Å². The van der Waals surface area contributed by atoms with Crippen molar-refractivity contribution in [2.24, 2.45) is 0 Å². The third kappa shape index (κ3) is 4.65. The number of benzene rings is 1. The SMILES string of the molecule is CNCc1cccc(C)c1OCCC(F)(F)F. The van der Waals surface area contributed by atoms with Crippen LogP contribution in [0.15, 0.2) is 18.2 Å². The highest BCUT2D eigenvalue weighted by Gasteiger charge is 2.27. The first-order valence-electron chi connectivity index (χ1n) is 5.36. The van der Waals surface area contributed by atoms with Crippen molar-refractivity contribution in [3.63, 3.8) is 0 Å². The van der Waals surface area contributed by atoms with Crippen LogP contribution in [0.25, 0.3) is 0 Å². The van der Waals surface area contributed by atoms with Gasteiger partial charge in [-0.05, 0) is 19.5 Å². The monoisotopic (exact) mass is 247 g/mol. The predicted molar refractivity (Wildman–Crippen MR) is 60.1 cm³/mol. The number of halogens is 3.